The van der Waals surface area contributed by atoms with E-state index in [2.05, 4.69) is 4.72 Å². The molecule has 1 aliphatic carbocycles. The Hall–Kier alpha value is -0.130. The van der Waals surface area contributed by atoms with Crippen LogP contribution in [0, 0.1) is 5.41 Å². The van der Waals surface area contributed by atoms with Gasteiger partial charge in [0, 0.05) is 6.54 Å². The van der Waals surface area contributed by atoms with Gasteiger partial charge in [0.15, 0.2) is 0 Å². The van der Waals surface area contributed by atoms with Crippen LogP contribution in [0.2, 0.25) is 0 Å². The SMILES string of the molecule is CCCS(=O)(=O)NCC1(CN)CC1. The van der Waals surface area contributed by atoms with Gasteiger partial charge < -0.3 is 5.73 Å². The van der Waals surface area contributed by atoms with Crippen molar-refractivity contribution in [3.8, 4) is 0 Å². The molecule has 1 aliphatic rings. The van der Waals surface area contributed by atoms with Crippen LogP contribution < -0.4 is 10.5 Å². The standard InChI is InChI=1S/C8H18N2O2S/c1-2-5-13(11,12)10-7-8(6-9)3-4-8/h10H,2-7,9H2,1H3. The second kappa shape index (κ2) is 3.94. The summed E-state index contributed by atoms with van der Waals surface area (Å²) in [6.07, 6.45) is 2.77. The van der Waals surface area contributed by atoms with Gasteiger partial charge in [-0.1, -0.05) is 6.92 Å². The molecule has 78 valence electrons. The molecule has 0 unspecified atom stereocenters. The smallest absolute Gasteiger partial charge is 0.211 e. The van der Waals surface area contributed by atoms with E-state index in [0.29, 0.717) is 19.5 Å². The molecule has 13 heavy (non-hydrogen) atoms. The lowest BCUT2D eigenvalue weighted by molar-refractivity contribution is 0.500. The number of sulfonamides is 1. The molecule has 0 aromatic carbocycles. The van der Waals surface area contributed by atoms with Crippen LogP contribution >= 0.6 is 0 Å². The Morgan fingerprint density at radius 1 is 1.46 bits per heavy atom. The summed E-state index contributed by atoms with van der Waals surface area (Å²) >= 11 is 0. The minimum atomic E-state index is -3.04. The first-order chi connectivity index (χ1) is 6.04. The highest BCUT2D eigenvalue weighted by Gasteiger charge is 2.41. The van der Waals surface area contributed by atoms with Crippen molar-refractivity contribution >= 4 is 10.0 Å². The fraction of sp³-hybridized carbons (Fsp3) is 1.00. The highest BCUT2D eigenvalue weighted by molar-refractivity contribution is 7.89. The second-order valence-electron chi connectivity index (χ2n) is 3.84. The van der Waals surface area contributed by atoms with Crippen molar-refractivity contribution < 1.29 is 8.42 Å². The lowest BCUT2D eigenvalue weighted by Gasteiger charge is -2.12. The number of rotatable bonds is 6. The van der Waals surface area contributed by atoms with Crippen molar-refractivity contribution in [3.05, 3.63) is 0 Å². The summed E-state index contributed by atoms with van der Waals surface area (Å²) in [6.45, 7) is 2.96. The summed E-state index contributed by atoms with van der Waals surface area (Å²) in [5, 5.41) is 0. The van der Waals surface area contributed by atoms with E-state index in [1.807, 2.05) is 6.92 Å². The second-order valence-corrected chi connectivity index (χ2v) is 5.77. The molecule has 1 rings (SSSR count). The van der Waals surface area contributed by atoms with Gasteiger partial charge in [-0.2, -0.15) is 0 Å². The van der Waals surface area contributed by atoms with E-state index < -0.39 is 10.0 Å². The minimum Gasteiger partial charge on any atom is -0.330 e. The normalized spacial score (nSPS) is 20.2. The van der Waals surface area contributed by atoms with E-state index in [1.54, 1.807) is 0 Å². The van der Waals surface area contributed by atoms with E-state index >= 15 is 0 Å². The summed E-state index contributed by atoms with van der Waals surface area (Å²) < 4.78 is 25.1. The van der Waals surface area contributed by atoms with Crippen molar-refractivity contribution in [1.29, 1.82) is 0 Å². The molecular weight excluding hydrogens is 188 g/mol. The van der Waals surface area contributed by atoms with E-state index in [-0.39, 0.29) is 11.2 Å². The van der Waals surface area contributed by atoms with Gasteiger partial charge in [-0.05, 0) is 31.2 Å². The van der Waals surface area contributed by atoms with Gasteiger partial charge in [0.25, 0.3) is 0 Å². The molecule has 1 saturated carbocycles. The zero-order valence-electron chi connectivity index (χ0n) is 8.04. The molecule has 1 fully saturated rings. The van der Waals surface area contributed by atoms with E-state index in [1.165, 1.54) is 0 Å². The molecule has 3 N–H and O–H groups in total. The van der Waals surface area contributed by atoms with E-state index in [4.69, 9.17) is 5.73 Å². The van der Waals surface area contributed by atoms with Crippen LogP contribution in [0.25, 0.3) is 0 Å². The third-order valence-electron chi connectivity index (χ3n) is 2.53. The molecule has 0 spiro atoms. The Kier molecular flexibility index (Phi) is 3.32. The molecule has 0 radical (unpaired) electrons. The summed E-state index contributed by atoms with van der Waals surface area (Å²) in [6, 6.07) is 0. The first-order valence-corrected chi connectivity index (χ1v) is 6.36. The van der Waals surface area contributed by atoms with Crippen LogP contribution in [0.3, 0.4) is 0 Å². The van der Waals surface area contributed by atoms with Crippen LogP contribution in [0.15, 0.2) is 0 Å². The Balaban J connectivity index is 2.33. The topological polar surface area (TPSA) is 72.2 Å². The lowest BCUT2D eigenvalue weighted by atomic mass is 10.1. The lowest BCUT2D eigenvalue weighted by Crippen LogP contribution is -2.35. The molecule has 0 bridgehead atoms. The maximum Gasteiger partial charge on any atom is 0.211 e. The third-order valence-corrected chi connectivity index (χ3v) is 4.06. The van der Waals surface area contributed by atoms with E-state index in [9.17, 15) is 8.42 Å². The number of hydrogen-bond acceptors (Lipinski definition) is 3. The van der Waals surface area contributed by atoms with Gasteiger partial charge >= 0.3 is 0 Å². The summed E-state index contributed by atoms with van der Waals surface area (Å²) in [5.74, 6) is 0.216. The van der Waals surface area contributed by atoms with Gasteiger partial charge in [0.2, 0.25) is 10.0 Å². The average molecular weight is 206 g/mol. The minimum absolute atomic E-state index is 0.0841. The highest BCUT2D eigenvalue weighted by atomic mass is 32.2. The number of hydrogen-bond donors (Lipinski definition) is 2. The van der Waals surface area contributed by atoms with E-state index in [0.717, 1.165) is 12.8 Å². The molecule has 0 aliphatic heterocycles. The van der Waals surface area contributed by atoms with Gasteiger partial charge in [-0.25, -0.2) is 13.1 Å². The third kappa shape index (κ3) is 3.25. The summed E-state index contributed by atoms with van der Waals surface area (Å²) in [7, 11) is -3.04. The fourth-order valence-corrected chi connectivity index (χ4v) is 2.44. The van der Waals surface area contributed by atoms with Crippen LogP contribution in [-0.2, 0) is 10.0 Å². The Bertz CT molecular complexity index is 257. The molecule has 0 aromatic heterocycles. The molecule has 0 amide bonds. The molecule has 5 heteroatoms. The van der Waals surface area contributed by atoms with Gasteiger partial charge in [0.1, 0.15) is 0 Å². The molecule has 0 aromatic rings. The van der Waals surface area contributed by atoms with Crippen LogP contribution in [-0.4, -0.2) is 27.3 Å². The predicted octanol–water partition coefficient (Wildman–Crippen LogP) is 0.0547. The van der Waals surface area contributed by atoms with Gasteiger partial charge in [-0.3, -0.25) is 0 Å². The van der Waals surface area contributed by atoms with Crippen LogP contribution in [0.4, 0.5) is 0 Å². The van der Waals surface area contributed by atoms with Crippen LogP contribution in [0.1, 0.15) is 26.2 Å². The quantitative estimate of drug-likeness (QED) is 0.645. The van der Waals surface area contributed by atoms with Crippen molar-refractivity contribution in [3.63, 3.8) is 0 Å². The maximum atomic E-state index is 11.3. The van der Waals surface area contributed by atoms with Crippen LogP contribution in [0.5, 0.6) is 0 Å². The number of nitrogens with two attached hydrogens (primary N) is 1. The Labute approximate surface area is 79.9 Å². The molecule has 0 atom stereocenters. The predicted molar refractivity (Wildman–Crippen MR) is 52.8 cm³/mol. The Morgan fingerprint density at radius 2 is 2.08 bits per heavy atom. The first-order valence-electron chi connectivity index (χ1n) is 4.71. The van der Waals surface area contributed by atoms with Gasteiger partial charge in [0.05, 0.1) is 5.75 Å². The molecule has 0 heterocycles. The van der Waals surface area contributed by atoms with Crippen molar-refractivity contribution in [2.45, 2.75) is 26.2 Å². The Morgan fingerprint density at radius 3 is 2.46 bits per heavy atom. The van der Waals surface area contributed by atoms with Crippen molar-refractivity contribution in [2.75, 3.05) is 18.8 Å². The first kappa shape index (κ1) is 10.9. The van der Waals surface area contributed by atoms with Gasteiger partial charge in [-0.15, -0.1) is 0 Å². The highest BCUT2D eigenvalue weighted by Crippen LogP contribution is 2.43. The largest absolute Gasteiger partial charge is 0.330 e. The molecular formula is C8H18N2O2S. The monoisotopic (exact) mass is 206 g/mol. The maximum absolute atomic E-state index is 11.3. The molecule has 0 saturated heterocycles. The average Bonchev–Trinajstić information content (AvgIpc) is 2.82. The number of nitrogens with one attached hydrogen (secondary N) is 1. The molecule has 4 nitrogen and oxygen atoms in total. The summed E-state index contributed by atoms with van der Waals surface area (Å²) in [5.41, 5.74) is 5.62. The zero-order valence-corrected chi connectivity index (χ0v) is 8.86. The van der Waals surface area contributed by atoms with Crippen molar-refractivity contribution in [1.82, 2.24) is 4.72 Å². The van der Waals surface area contributed by atoms with Crippen molar-refractivity contribution in [2.24, 2.45) is 11.1 Å². The zero-order chi connectivity index (χ0) is 9.95. The summed E-state index contributed by atoms with van der Waals surface area (Å²) in [4.78, 5) is 0. The fourth-order valence-electron chi connectivity index (χ4n) is 1.23.